The highest BCUT2D eigenvalue weighted by Gasteiger charge is 2.27. The van der Waals surface area contributed by atoms with Crippen LogP contribution >= 0.6 is 11.6 Å². The molecule has 1 nitrogen and oxygen atoms in total. The second-order valence-corrected chi connectivity index (χ2v) is 12.8. The molecule has 3 heteroatoms. The van der Waals surface area contributed by atoms with Crippen LogP contribution in [0.5, 0.6) is 5.75 Å². The van der Waals surface area contributed by atoms with Gasteiger partial charge in [0.15, 0.2) is 0 Å². The predicted octanol–water partition coefficient (Wildman–Crippen LogP) is 9.76. The number of fused-ring (bicyclic) bond motifs is 6. The molecule has 0 aliphatic carbocycles. The molecule has 0 saturated heterocycles. The summed E-state index contributed by atoms with van der Waals surface area (Å²) < 4.78 is 5.85. The van der Waals surface area contributed by atoms with Gasteiger partial charge in [-0.3, -0.25) is 0 Å². The number of rotatable bonds is 5. The number of ether oxygens (including phenoxy) is 1. The van der Waals surface area contributed by atoms with Crippen molar-refractivity contribution in [2.24, 2.45) is 0 Å². The third kappa shape index (κ3) is 4.73. The number of aryl methyl sites for hydroxylation is 2. The molecule has 0 amide bonds. The van der Waals surface area contributed by atoms with Crippen LogP contribution in [0.1, 0.15) is 11.1 Å². The van der Waals surface area contributed by atoms with E-state index in [9.17, 15) is 0 Å². The van der Waals surface area contributed by atoms with E-state index in [1.807, 2.05) is 12.1 Å². The normalized spacial score (nSPS) is 11.5. The molecule has 0 heterocycles. The molecule has 0 aromatic heterocycles. The molecule has 8 rings (SSSR count). The molecular weight excluding hydrogens is 579 g/mol. The summed E-state index contributed by atoms with van der Waals surface area (Å²) in [5, 5.41) is 10.6. The fourth-order valence-corrected chi connectivity index (χ4v) is 7.70. The van der Waals surface area contributed by atoms with Crippen LogP contribution in [0, 0.1) is 13.8 Å². The van der Waals surface area contributed by atoms with Gasteiger partial charge in [-0.25, -0.2) is 0 Å². The molecule has 0 aliphatic rings. The fourth-order valence-electron chi connectivity index (χ4n) is 7.53. The number of benzene rings is 8. The van der Waals surface area contributed by atoms with Crippen LogP contribution in [0.25, 0.3) is 54.2 Å². The third-order valence-corrected chi connectivity index (χ3v) is 9.63. The van der Waals surface area contributed by atoms with Crippen molar-refractivity contribution >= 4 is 77.8 Å². The van der Waals surface area contributed by atoms with Crippen LogP contribution in [0.3, 0.4) is 0 Å². The molecule has 0 bridgehead atoms. The Balaban J connectivity index is 1.51. The minimum absolute atomic E-state index is 0.0359. The fraction of sp³-hybridized carbons (Fsp3) is 0.0698. The first kappa shape index (κ1) is 28.4. The Morgan fingerprint density at radius 3 is 1.83 bits per heavy atom. The van der Waals surface area contributed by atoms with E-state index >= 15 is 0 Å². The SMILES string of the molecule is COc1cc(Cl)ccc1-c1cc2c3ccccc3c(B(c3cc(C)cc(C)c3)c3cccc4ccccc34)cc2c2ccccc12. The van der Waals surface area contributed by atoms with Crippen molar-refractivity contribution in [2.75, 3.05) is 7.11 Å². The van der Waals surface area contributed by atoms with Crippen LogP contribution < -0.4 is 21.1 Å². The molecule has 0 aliphatic heterocycles. The van der Waals surface area contributed by atoms with E-state index in [0.29, 0.717) is 5.02 Å². The average Bonchev–Trinajstić information content (AvgIpc) is 3.08. The van der Waals surface area contributed by atoms with Crippen molar-refractivity contribution in [1.29, 1.82) is 0 Å². The highest BCUT2D eigenvalue weighted by molar-refractivity contribution is 6.98. The maximum atomic E-state index is 6.40. The van der Waals surface area contributed by atoms with Crippen molar-refractivity contribution in [3.05, 3.63) is 156 Å². The van der Waals surface area contributed by atoms with Gasteiger partial charge in [0.25, 0.3) is 0 Å². The monoisotopic (exact) mass is 610 g/mol. The average molecular weight is 611 g/mol. The van der Waals surface area contributed by atoms with Gasteiger partial charge in [-0.2, -0.15) is 0 Å². The summed E-state index contributed by atoms with van der Waals surface area (Å²) in [6, 6.07) is 50.9. The van der Waals surface area contributed by atoms with Crippen LogP contribution in [-0.4, -0.2) is 13.8 Å². The first-order valence-electron chi connectivity index (χ1n) is 15.8. The molecule has 0 saturated carbocycles. The molecule has 8 aromatic rings. The summed E-state index contributed by atoms with van der Waals surface area (Å²) in [6.07, 6.45) is 0. The summed E-state index contributed by atoms with van der Waals surface area (Å²) >= 11 is 6.40. The molecular formula is C43H32BClO. The lowest BCUT2D eigenvalue weighted by atomic mass is 9.35. The van der Waals surface area contributed by atoms with Gasteiger partial charge in [0.05, 0.1) is 7.11 Å². The van der Waals surface area contributed by atoms with E-state index in [1.54, 1.807) is 7.11 Å². The molecule has 0 unspecified atom stereocenters. The van der Waals surface area contributed by atoms with Crippen LogP contribution in [0.2, 0.25) is 5.02 Å². The van der Waals surface area contributed by atoms with E-state index in [-0.39, 0.29) is 6.71 Å². The van der Waals surface area contributed by atoms with Gasteiger partial charge >= 0.3 is 0 Å². The molecule has 46 heavy (non-hydrogen) atoms. The molecule has 0 N–H and O–H groups in total. The van der Waals surface area contributed by atoms with Gasteiger partial charge in [0.2, 0.25) is 6.71 Å². The summed E-state index contributed by atoms with van der Waals surface area (Å²) in [5.74, 6) is 0.767. The Kier molecular flexibility index (Phi) is 7.04. The van der Waals surface area contributed by atoms with Gasteiger partial charge < -0.3 is 4.74 Å². The topological polar surface area (TPSA) is 9.23 Å². The Morgan fingerprint density at radius 2 is 1.09 bits per heavy atom. The van der Waals surface area contributed by atoms with Gasteiger partial charge in [0.1, 0.15) is 5.75 Å². The van der Waals surface area contributed by atoms with E-state index in [4.69, 9.17) is 16.3 Å². The van der Waals surface area contributed by atoms with E-state index in [1.165, 1.54) is 70.6 Å². The molecule has 0 fully saturated rings. The quantitative estimate of drug-likeness (QED) is 0.139. The lowest BCUT2D eigenvalue weighted by molar-refractivity contribution is 0.416. The second-order valence-electron chi connectivity index (χ2n) is 12.3. The summed E-state index contributed by atoms with van der Waals surface area (Å²) in [5.41, 5.74) is 8.65. The largest absolute Gasteiger partial charge is 0.496 e. The van der Waals surface area contributed by atoms with Crippen LogP contribution in [-0.2, 0) is 0 Å². The van der Waals surface area contributed by atoms with Gasteiger partial charge in [-0.1, -0.05) is 154 Å². The minimum Gasteiger partial charge on any atom is -0.496 e. The van der Waals surface area contributed by atoms with Crippen LogP contribution in [0.15, 0.2) is 140 Å². The molecule has 0 atom stereocenters. The number of methoxy groups -OCH3 is 1. The molecule has 220 valence electrons. The highest BCUT2D eigenvalue weighted by Crippen LogP contribution is 2.41. The Morgan fingerprint density at radius 1 is 0.478 bits per heavy atom. The van der Waals surface area contributed by atoms with Gasteiger partial charge in [0, 0.05) is 10.6 Å². The zero-order chi connectivity index (χ0) is 31.4. The first-order valence-corrected chi connectivity index (χ1v) is 16.1. The highest BCUT2D eigenvalue weighted by atomic mass is 35.5. The molecule has 0 spiro atoms. The van der Waals surface area contributed by atoms with Crippen molar-refractivity contribution in [3.63, 3.8) is 0 Å². The maximum absolute atomic E-state index is 6.40. The summed E-state index contributed by atoms with van der Waals surface area (Å²) in [6.45, 7) is 4.44. The van der Waals surface area contributed by atoms with Gasteiger partial charge in [-0.05, 0) is 86.8 Å². The minimum atomic E-state index is 0.0359. The van der Waals surface area contributed by atoms with Crippen molar-refractivity contribution < 1.29 is 4.74 Å². The summed E-state index contributed by atoms with van der Waals surface area (Å²) in [4.78, 5) is 0. The maximum Gasteiger partial charge on any atom is 0.242 e. The van der Waals surface area contributed by atoms with Crippen molar-refractivity contribution in [1.82, 2.24) is 0 Å². The van der Waals surface area contributed by atoms with E-state index in [0.717, 1.165) is 16.9 Å². The zero-order valence-electron chi connectivity index (χ0n) is 26.1. The molecule has 8 aromatic carbocycles. The number of hydrogen-bond donors (Lipinski definition) is 0. The summed E-state index contributed by atoms with van der Waals surface area (Å²) in [7, 11) is 1.71. The lowest BCUT2D eigenvalue weighted by Crippen LogP contribution is -2.52. The van der Waals surface area contributed by atoms with Crippen molar-refractivity contribution in [2.45, 2.75) is 13.8 Å². The predicted molar refractivity (Wildman–Crippen MR) is 200 cm³/mol. The number of halogens is 1. The number of hydrogen-bond acceptors (Lipinski definition) is 1. The van der Waals surface area contributed by atoms with E-state index < -0.39 is 0 Å². The van der Waals surface area contributed by atoms with E-state index in [2.05, 4.69) is 141 Å². The first-order chi connectivity index (χ1) is 22.5. The molecule has 0 radical (unpaired) electrons. The van der Waals surface area contributed by atoms with Crippen LogP contribution in [0.4, 0.5) is 0 Å². The standard InChI is InChI=1S/C43H32BClO/c1-27-21-28(2)23-30(22-27)44(41-18-10-12-29-11-4-5-13-32(29)41)42-26-40-34-15-7-6-14-33(34)38(37-20-19-31(45)24-43(37)46-3)25-39(40)35-16-8-9-17-36(35)42/h4-26H,1-3H3. The Labute approximate surface area is 275 Å². The van der Waals surface area contributed by atoms with Gasteiger partial charge in [-0.15, -0.1) is 0 Å². The third-order valence-electron chi connectivity index (χ3n) is 9.39. The smallest absolute Gasteiger partial charge is 0.242 e. The Hall–Kier alpha value is -5.05. The zero-order valence-corrected chi connectivity index (χ0v) is 26.9. The second kappa shape index (κ2) is 11.4. The Bertz CT molecular complexity index is 2440. The van der Waals surface area contributed by atoms with Crippen molar-refractivity contribution in [3.8, 4) is 16.9 Å². The lowest BCUT2D eigenvalue weighted by Gasteiger charge is -2.23.